The van der Waals surface area contributed by atoms with Gasteiger partial charge in [0, 0.05) is 12.6 Å². The molecule has 1 fully saturated rings. The van der Waals surface area contributed by atoms with Crippen LogP contribution in [0.2, 0.25) is 0 Å². The molecule has 2 heterocycles. The zero-order valence-corrected chi connectivity index (χ0v) is 14.1. The first-order valence-corrected chi connectivity index (χ1v) is 9.11. The van der Waals surface area contributed by atoms with Crippen molar-refractivity contribution in [2.24, 2.45) is 11.8 Å². The van der Waals surface area contributed by atoms with Gasteiger partial charge in [-0.1, -0.05) is 20.8 Å². The highest BCUT2D eigenvalue weighted by Gasteiger charge is 2.38. The summed E-state index contributed by atoms with van der Waals surface area (Å²) in [6.07, 6.45) is 1.07. The first kappa shape index (κ1) is 16.5. The smallest absolute Gasteiger partial charge is 0.276 e. The first-order chi connectivity index (χ1) is 9.86. The van der Waals surface area contributed by atoms with Gasteiger partial charge in [0.2, 0.25) is 5.09 Å². The zero-order chi connectivity index (χ0) is 15.6. The molecule has 1 aliphatic heterocycles. The molecule has 0 aliphatic carbocycles. The highest BCUT2D eigenvalue weighted by atomic mass is 32.2. The van der Waals surface area contributed by atoms with Crippen LogP contribution in [0.5, 0.6) is 0 Å². The lowest BCUT2D eigenvalue weighted by Crippen LogP contribution is -2.48. The molecule has 21 heavy (non-hydrogen) atoms. The van der Waals surface area contributed by atoms with Gasteiger partial charge in [0.25, 0.3) is 10.0 Å². The number of hydrogen-bond acceptors (Lipinski definition) is 4. The quantitative estimate of drug-likeness (QED) is 0.907. The van der Waals surface area contributed by atoms with Gasteiger partial charge < -0.3 is 9.73 Å². The summed E-state index contributed by atoms with van der Waals surface area (Å²) in [5, 5.41) is 3.19. The van der Waals surface area contributed by atoms with Gasteiger partial charge in [0.15, 0.2) is 0 Å². The Bertz CT molecular complexity index is 567. The van der Waals surface area contributed by atoms with Gasteiger partial charge in [0.05, 0.1) is 6.54 Å². The fourth-order valence-electron chi connectivity index (χ4n) is 2.94. The zero-order valence-electron chi connectivity index (χ0n) is 13.3. The average Bonchev–Trinajstić information content (AvgIpc) is 2.90. The first-order valence-electron chi connectivity index (χ1n) is 7.67. The molecule has 6 heteroatoms. The van der Waals surface area contributed by atoms with Crippen LogP contribution in [0, 0.1) is 11.8 Å². The SMILES string of the molecule is CCNCc1ccc(S(=O)(=O)N2CC(C)CC(C)C2C)o1. The molecule has 0 spiro atoms. The second kappa shape index (κ2) is 6.50. The standard InChI is InChI=1S/C15H26N2O3S/c1-5-16-9-14-6-7-15(20-14)21(18,19)17-10-11(2)8-12(3)13(17)4/h6-7,11-13,16H,5,8-10H2,1-4H3. The van der Waals surface area contributed by atoms with Gasteiger partial charge in [-0.05, 0) is 43.9 Å². The Hall–Kier alpha value is -0.850. The van der Waals surface area contributed by atoms with E-state index in [1.165, 1.54) is 0 Å². The third kappa shape index (κ3) is 3.49. The monoisotopic (exact) mass is 314 g/mol. The van der Waals surface area contributed by atoms with Crippen LogP contribution in [-0.4, -0.2) is 31.9 Å². The maximum absolute atomic E-state index is 12.8. The predicted molar refractivity (Wildman–Crippen MR) is 82.4 cm³/mol. The van der Waals surface area contributed by atoms with E-state index in [4.69, 9.17) is 4.42 Å². The van der Waals surface area contributed by atoms with E-state index in [0.717, 1.165) is 13.0 Å². The summed E-state index contributed by atoms with van der Waals surface area (Å²) < 4.78 is 32.7. The van der Waals surface area contributed by atoms with Crippen molar-refractivity contribution in [2.75, 3.05) is 13.1 Å². The topological polar surface area (TPSA) is 62.6 Å². The van der Waals surface area contributed by atoms with E-state index in [1.54, 1.807) is 16.4 Å². The summed E-state index contributed by atoms with van der Waals surface area (Å²) in [5.74, 6) is 1.39. The van der Waals surface area contributed by atoms with E-state index in [9.17, 15) is 8.42 Å². The normalized spacial score (nSPS) is 27.9. The summed E-state index contributed by atoms with van der Waals surface area (Å²) in [4.78, 5) is 0. The summed E-state index contributed by atoms with van der Waals surface area (Å²) in [6, 6.07) is 3.31. The van der Waals surface area contributed by atoms with Gasteiger partial charge in [0.1, 0.15) is 5.76 Å². The molecule has 1 aromatic heterocycles. The minimum absolute atomic E-state index is 0.00789. The fourth-order valence-corrected chi connectivity index (χ4v) is 4.72. The van der Waals surface area contributed by atoms with Gasteiger partial charge >= 0.3 is 0 Å². The molecule has 1 N–H and O–H groups in total. The van der Waals surface area contributed by atoms with Crippen molar-refractivity contribution < 1.29 is 12.8 Å². The average molecular weight is 314 g/mol. The third-order valence-electron chi connectivity index (χ3n) is 4.29. The number of hydrogen-bond donors (Lipinski definition) is 1. The van der Waals surface area contributed by atoms with Gasteiger partial charge in [-0.3, -0.25) is 0 Å². The number of nitrogens with zero attached hydrogens (tertiary/aromatic N) is 1. The molecule has 5 nitrogen and oxygen atoms in total. The Morgan fingerprint density at radius 2 is 2.05 bits per heavy atom. The highest BCUT2D eigenvalue weighted by Crippen LogP contribution is 2.32. The second-order valence-corrected chi connectivity index (χ2v) is 7.96. The molecule has 0 bridgehead atoms. The molecule has 2 rings (SSSR count). The number of nitrogens with one attached hydrogen (secondary N) is 1. The summed E-state index contributed by atoms with van der Waals surface area (Å²) in [6.45, 7) is 10.1. The molecule has 1 aromatic rings. The van der Waals surface area contributed by atoms with Crippen molar-refractivity contribution in [1.82, 2.24) is 9.62 Å². The molecule has 0 aromatic carbocycles. The largest absolute Gasteiger partial charge is 0.447 e. The van der Waals surface area contributed by atoms with Crippen LogP contribution >= 0.6 is 0 Å². The Balaban J connectivity index is 2.22. The van der Waals surface area contributed by atoms with E-state index < -0.39 is 10.0 Å². The van der Waals surface area contributed by atoms with E-state index >= 15 is 0 Å². The maximum atomic E-state index is 12.8. The Kier molecular flexibility index (Phi) is 5.11. The van der Waals surface area contributed by atoms with E-state index in [-0.39, 0.29) is 11.1 Å². The molecule has 3 atom stereocenters. The van der Waals surface area contributed by atoms with E-state index in [1.807, 2.05) is 13.8 Å². The van der Waals surface area contributed by atoms with Crippen molar-refractivity contribution in [1.29, 1.82) is 0 Å². The molecular weight excluding hydrogens is 288 g/mol. The lowest BCUT2D eigenvalue weighted by Gasteiger charge is -2.39. The second-order valence-electron chi connectivity index (χ2n) is 6.13. The Morgan fingerprint density at radius 1 is 1.33 bits per heavy atom. The number of rotatable bonds is 5. The predicted octanol–water partition coefficient (Wildman–Crippen LogP) is 2.44. The van der Waals surface area contributed by atoms with Crippen LogP contribution in [0.25, 0.3) is 0 Å². The van der Waals surface area contributed by atoms with Crippen molar-refractivity contribution in [2.45, 2.75) is 51.8 Å². The van der Waals surface area contributed by atoms with E-state index in [0.29, 0.717) is 30.7 Å². The summed E-state index contributed by atoms with van der Waals surface area (Å²) in [7, 11) is -3.54. The maximum Gasteiger partial charge on any atom is 0.276 e. The number of sulfonamides is 1. The summed E-state index contributed by atoms with van der Waals surface area (Å²) in [5.41, 5.74) is 0. The van der Waals surface area contributed by atoms with Crippen LogP contribution in [0.4, 0.5) is 0 Å². The van der Waals surface area contributed by atoms with Gasteiger partial charge in [-0.2, -0.15) is 4.31 Å². The minimum Gasteiger partial charge on any atom is -0.447 e. The van der Waals surface area contributed by atoms with Crippen molar-refractivity contribution in [3.8, 4) is 0 Å². The van der Waals surface area contributed by atoms with Crippen LogP contribution in [0.1, 0.15) is 39.9 Å². The van der Waals surface area contributed by atoms with Crippen LogP contribution in [0.3, 0.4) is 0 Å². The fraction of sp³-hybridized carbons (Fsp3) is 0.733. The van der Waals surface area contributed by atoms with Gasteiger partial charge in [-0.25, -0.2) is 8.42 Å². The lowest BCUT2D eigenvalue weighted by atomic mass is 9.88. The molecule has 1 aliphatic rings. The molecule has 120 valence electrons. The minimum atomic E-state index is -3.54. The molecule has 1 saturated heterocycles. The van der Waals surface area contributed by atoms with Crippen LogP contribution in [-0.2, 0) is 16.6 Å². The van der Waals surface area contributed by atoms with Gasteiger partial charge in [-0.15, -0.1) is 0 Å². The molecular formula is C15H26N2O3S. The Morgan fingerprint density at radius 3 is 2.71 bits per heavy atom. The van der Waals surface area contributed by atoms with Crippen molar-refractivity contribution in [3.63, 3.8) is 0 Å². The molecule has 0 radical (unpaired) electrons. The lowest BCUT2D eigenvalue weighted by molar-refractivity contribution is 0.155. The summed E-state index contributed by atoms with van der Waals surface area (Å²) >= 11 is 0. The molecule has 0 amide bonds. The van der Waals surface area contributed by atoms with E-state index in [2.05, 4.69) is 19.2 Å². The Labute approximate surface area is 127 Å². The van der Waals surface area contributed by atoms with Crippen molar-refractivity contribution in [3.05, 3.63) is 17.9 Å². The number of furan rings is 1. The molecule has 3 unspecified atom stereocenters. The number of piperidine rings is 1. The van der Waals surface area contributed by atoms with Crippen molar-refractivity contribution >= 4 is 10.0 Å². The molecule has 0 saturated carbocycles. The highest BCUT2D eigenvalue weighted by molar-refractivity contribution is 7.89. The van der Waals surface area contributed by atoms with Crippen LogP contribution < -0.4 is 5.32 Å². The third-order valence-corrected chi connectivity index (χ3v) is 6.12. The van der Waals surface area contributed by atoms with Crippen LogP contribution in [0.15, 0.2) is 21.6 Å².